The first-order valence-electron chi connectivity index (χ1n) is 3.75. The third-order valence-electron chi connectivity index (χ3n) is 1.65. The van der Waals surface area contributed by atoms with Gasteiger partial charge in [-0.25, -0.2) is 4.68 Å². The van der Waals surface area contributed by atoms with Crippen molar-refractivity contribution < 1.29 is 0 Å². The van der Waals surface area contributed by atoms with Gasteiger partial charge in [-0.2, -0.15) is 0 Å². The van der Waals surface area contributed by atoms with Crippen molar-refractivity contribution in [2.24, 2.45) is 5.73 Å². The summed E-state index contributed by atoms with van der Waals surface area (Å²) in [6, 6.07) is 0.292. The molecule has 0 spiro atoms. The zero-order valence-corrected chi connectivity index (χ0v) is 8.22. The Balaban J connectivity index is 3.13. The van der Waals surface area contributed by atoms with Gasteiger partial charge in [0.1, 0.15) is 10.7 Å². The molecule has 0 aliphatic rings. The zero-order valence-electron chi connectivity index (χ0n) is 7.40. The predicted octanol–water partition coefficient (Wildman–Crippen LogP) is 0.802. The lowest BCUT2D eigenvalue weighted by molar-refractivity contribution is 0.502. The standard InChI is InChI=1S/C7H12N4S/c1-4(2)11-5(3)6(7(8)12)9-10-11/h4H,1-3H3,(H2,8,12). The van der Waals surface area contributed by atoms with Crippen molar-refractivity contribution in [3.05, 3.63) is 11.4 Å². The Bertz CT molecular complexity index is 302. The molecule has 12 heavy (non-hydrogen) atoms. The van der Waals surface area contributed by atoms with Crippen LogP contribution in [0.4, 0.5) is 0 Å². The summed E-state index contributed by atoms with van der Waals surface area (Å²) in [6.45, 7) is 5.98. The minimum absolute atomic E-state index is 0.292. The van der Waals surface area contributed by atoms with Crippen LogP contribution in [0, 0.1) is 6.92 Å². The molecule has 0 aliphatic carbocycles. The van der Waals surface area contributed by atoms with E-state index in [2.05, 4.69) is 10.3 Å². The van der Waals surface area contributed by atoms with E-state index < -0.39 is 0 Å². The Kier molecular flexibility index (Phi) is 2.42. The van der Waals surface area contributed by atoms with E-state index in [1.165, 1.54) is 0 Å². The number of hydrogen-bond acceptors (Lipinski definition) is 3. The van der Waals surface area contributed by atoms with Gasteiger partial charge >= 0.3 is 0 Å². The highest BCUT2D eigenvalue weighted by atomic mass is 32.1. The van der Waals surface area contributed by atoms with Crippen molar-refractivity contribution in [3.63, 3.8) is 0 Å². The largest absolute Gasteiger partial charge is 0.388 e. The summed E-state index contributed by atoms with van der Waals surface area (Å²) in [4.78, 5) is 0.305. The van der Waals surface area contributed by atoms with Gasteiger partial charge in [0.05, 0.1) is 5.69 Å². The van der Waals surface area contributed by atoms with Gasteiger partial charge in [0.15, 0.2) is 0 Å². The summed E-state index contributed by atoms with van der Waals surface area (Å²) >= 11 is 4.81. The summed E-state index contributed by atoms with van der Waals surface area (Å²) in [6.07, 6.45) is 0. The number of hydrogen-bond donors (Lipinski definition) is 1. The second-order valence-corrected chi connectivity index (χ2v) is 3.37. The van der Waals surface area contributed by atoms with Crippen molar-refractivity contribution in [2.75, 3.05) is 0 Å². The number of nitrogens with two attached hydrogens (primary N) is 1. The van der Waals surface area contributed by atoms with Crippen LogP contribution in [0.2, 0.25) is 0 Å². The van der Waals surface area contributed by atoms with Crippen molar-refractivity contribution >= 4 is 17.2 Å². The third kappa shape index (κ3) is 1.45. The molecule has 0 aromatic carbocycles. The molecule has 5 heteroatoms. The van der Waals surface area contributed by atoms with E-state index >= 15 is 0 Å². The molecule has 2 N–H and O–H groups in total. The van der Waals surface area contributed by atoms with Crippen molar-refractivity contribution in [1.29, 1.82) is 0 Å². The van der Waals surface area contributed by atoms with E-state index in [4.69, 9.17) is 18.0 Å². The molecule has 1 aromatic rings. The van der Waals surface area contributed by atoms with Crippen LogP contribution >= 0.6 is 12.2 Å². The lowest BCUT2D eigenvalue weighted by Gasteiger charge is -2.05. The van der Waals surface area contributed by atoms with Crippen LogP contribution in [-0.2, 0) is 0 Å². The smallest absolute Gasteiger partial charge is 0.142 e. The van der Waals surface area contributed by atoms with Gasteiger partial charge in [0.25, 0.3) is 0 Å². The highest BCUT2D eigenvalue weighted by Crippen LogP contribution is 2.09. The molecule has 4 nitrogen and oxygen atoms in total. The summed E-state index contributed by atoms with van der Waals surface area (Å²) in [7, 11) is 0. The SMILES string of the molecule is Cc1c(C(N)=S)nnn1C(C)C. The van der Waals surface area contributed by atoms with Crippen LogP contribution in [0.25, 0.3) is 0 Å². The van der Waals surface area contributed by atoms with Crippen LogP contribution in [0.1, 0.15) is 31.3 Å². The topological polar surface area (TPSA) is 56.7 Å². The maximum Gasteiger partial charge on any atom is 0.142 e. The fraction of sp³-hybridized carbons (Fsp3) is 0.571. The number of aromatic nitrogens is 3. The lowest BCUT2D eigenvalue weighted by atomic mass is 10.3. The van der Waals surface area contributed by atoms with Gasteiger partial charge in [0.2, 0.25) is 0 Å². The van der Waals surface area contributed by atoms with Crippen LogP contribution in [0.15, 0.2) is 0 Å². The Morgan fingerprint density at radius 3 is 2.42 bits per heavy atom. The van der Waals surface area contributed by atoms with Crippen molar-refractivity contribution in [2.45, 2.75) is 26.8 Å². The van der Waals surface area contributed by atoms with Crippen LogP contribution in [0.5, 0.6) is 0 Å². The van der Waals surface area contributed by atoms with E-state index in [1.54, 1.807) is 4.68 Å². The first-order valence-corrected chi connectivity index (χ1v) is 4.16. The maximum absolute atomic E-state index is 5.44. The van der Waals surface area contributed by atoms with Crippen LogP contribution in [0.3, 0.4) is 0 Å². The fourth-order valence-corrected chi connectivity index (χ4v) is 1.25. The summed E-state index contributed by atoms with van der Waals surface area (Å²) in [5.74, 6) is 0. The molecule has 1 heterocycles. The van der Waals surface area contributed by atoms with Gasteiger partial charge in [-0.3, -0.25) is 0 Å². The molecule has 0 unspecified atom stereocenters. The van der Waals surface area contributed by atoms with Gasteiger partial charge in [-0.05, 0) is 20.8 Å². The molecule has 0 amide bonds. The molecule has 0 radical (unpaired) electrons. The van der Waals surface area contributed by atoms with E-state index in [0.29, 0.717) is 16.7 Å². The third-order valence-corrected chi connectivity index (χ3v) is 1.84. The maximum atomic E-state index is 5.44. The van der Waals surface area contributed by atoms with Crippen molar-refractivity contribution in [3.8, 4) is 0 Å². The molecule has 66 valence electrons. The number of rotatable bonds is 2. The highest BCUT2D eigenvalue weighted by molar-refractivity contribution is 7.80. The van der Waals surface area contributed by atoms with Gasteiger partial charge in [-0.15, -0.1) is 5.10 Å². The quantitative estimate of drug-likeness (QED) is 0.691. The Labute approximate surface area is 76.8 Å². The van der Waals surface area contributed by atoms with E-state index in [-0.39, 0.29) is 0 Å². The fourth-order valence-electron chi connectivity index (χ4n) is 1.06. The summed E-state index contributed by atoms with van der Waals surface area (Å²) < 4.78 is 1.80. The Morgan fingerprint density at radius 1 is 1.58 bits per heavy atom. The van der Waals surface area contributed by atoms with E-state index in [1.807, 2.05) is 20.8 Å². The molecule has 0 aliphatic heterocycles. The van der Waals surface area contributed by atoms with Crippen molar-refractivity contribution in [1.82, 2.24) is 15.0 Å². The average molecular weight is 184 g/mol. The molecule has 0 saturated carbocycles. The second kappa shape index (κ2) is 3.18. The molecule has 0 atom stereocenters. The van der Waals surface area contributed by atoms with Crippen LogP contribution < -0.4 is 5.73 Å². The lowest BCUT2D eigenvalue weighted by Crippen LogP contribution is -2.12. The molecule has 1 rings (SSSR count). The minimum atomic E-state index is 0.292. The Hall–Kier alpha value is -0.970. The monoisotopic (exact) mass is 184 g/mol. The molecule has 0 bridgehead atoms. The molecular weight excluding hydrogens is 172 g/mol. The summed E-state index contributed by atoms with van der Waals surface area (Å²) in [5, 5.41) is 7.82. The number of thiocarbonyl (C=S) groups is 1. The zero-order chi connectivity index (χ0) is 9.30. The second-order valence-electron chi connectivity index (χ2n) is 2.93. The minimum Gasteiger partial charge on any atom is -0.388 e. The normalized spacial score (nSPS) is 10.7. The first kappa shape index (κ1) is 9.12. The predicted molar refractivity (Wildman–Crippen MR) is 51.0 cm³/mol. The number of nitrogens with zero attached hydrogens (tertiary/aromatic N) is 3. The molecular formula is C7H12N4S. The summed E-state index contributed by atoms with van der Waals surface area (Å²) in [5.41, 5.74) is 7.00. The highest BCUT2D eigenvalue weighted by Gasteiger charge is 2.11. The molecule has 0 saturated heterocycles. The van der Waals surface area contributed by atoms with E-state index in [0.717, 1.165) is 5.69 Å². The van der Waals surface area contributed by atoms with Crippen LogP contribution in [-0.4, -0.2) is 20.0 Å². The Morgan fingerprint density at radius 2 is 2.17 bits per heavy atom. The van der Waals surface area contributed by atoms with E-state index in [9.17, 15) is 0 Å². The van der Waals surface area contributed by atoms with Gasteiger partial charge < -0.3 is 5.73 Å². The molecule has 1 aromatic heterocycles. The van der Waals surface area contributed by atoms with Gasteiger partial charge in [-0.1, -0.05) is 17.4 Å². The first-order chi connectivity index (χ1) is 5.54. The average Bonchev–Trinajstić information content (AvgIpc) is 2.30. The molecule has 0 fully saturated rings. The van der Waals surface area contributed by atoms with Gasteiger partial charge in [0, 0.05) is 6.04 Å².